The second kappa shape index (κ2) is 26.9. The number of hydrogen-bond acceptors (Lipinski definition) is 6. The number of fused-ring (bicyclic) bond motifs is 6. The molecule has 0 saturated carbocycles. The number of para-hydroxylation sites is 4. The number of benzene rings is 14. The molecular formula is C92H68N2O2S2. The summed E-state index contributed by atoms with van der Waals surface area (Å²) in [4.78, 5) is 7.19. The molecule has 0 spiro atoms. The lowest BCUT2D eigenvalue weighted by molar-refractivity contribution is 0.482. The molecule has 98 heavy (non-hydrogen) atoms. The van der Waals surface area contributed by atoms with Crippen LogP contribution in [0.25, 0.3) is 33.4 Å². The summed E-state index contributed by atoms with van der Waals surface area (Å²) in [6.07, 6.45) is 3.92. The summed E-state index contributed by atoms with van der Waals surface area (Å²) in [5, 5.41) is 0. The third-order valence-electron chi connectivity index (χ3n) is 19.0. The fourth-order valence-electron chi connectivity index (χ4n) is 14.8. The van der Waals surface area contributed by atoms with Crippen molar-refractivity contribution in [1.82, 2.24) is 0 Å². The van der Waals surface area contributed by atoms with E-state index in [1.807, 2.05) is 72.8 Å². The van der Waals surface area contributed by atoms with E-state index in [4.69, 9.17) is 9.47 Å². The van der Waals surface area contributed by atoms with Crippen LogP contribution in [0.5, 0.6) is 23.0 Å². The largest absolute Gasteiger partial charge is 0.457 e. The fraction of sp³-hybridized carbons (Fsp3) is 0.0435. The molecule has 4 nitrogen and oxygen atoms in total. The Morgan fingerprint density at radius 1 is 0.265 bits per heavy atom. The summed E-state index contributed by atoms with van der Waals surface area (Å²) in [5.74, 6) is 4.85. The molecule has 14 aromatic carbocycles. The van der Waals surface area contributed by atoms with Crippen LogP contribution in [-0.4, -0.2) is 11.5 Å². The molecule has 0 saturated heterocycles. The summed E-state index contributed by atoms with van der Waals surface area (Å²) >= 11 is 3.59. The second-order valence-corrected chi connectivity index (χ2v) is 26.8. The van der Waals surface area contributed by atoms with Crippen LogP contribution < -0.4 is 19.3 Å². The van der Waals surface area contributed by atoms with Gasteiger partial charge in [0.2, 0.25) is 0 Å². The zero-order valence-electron chi connectivity index (χ0n) is 54.0. The van der Waals surface area contributed by atoms with E-state index in [1.54, 1.807) is 23.5 Å². The number of anilines is 6. The third-order valence-corrected chi connectivity index (χ3v) is 21.0. The van der Waals surface area contributed by atoms with Gasteiger partial charge in [0, 0.05) is 55.4 Å². The lowest BCUT2D eigenvalue weighted by Gasteiger charge is -2.35. The predicted molar refractivity (Wildman–Crippen MR) is 411 cm³/mol. The van der Waals surface area contributed by atoms with Gasteiger partial charge in [-0.05, 0) is 223 Å². The Labute approximate surface area is 583 Å². The van der Waals surface area contributed by atoms with Gasteiger partial charge in [-0.3, -0.25) is 0 Å². The zero-order chi connectivity index (χ0) is 65.8. The summed E-state index contributed by atoms with van der Waals surface area (Å²) in [5.41, 5.74) is 21.7. The first-order valence-electron chi connectivity index (χ1n) is 33.2. The Morgan fingerprint density at radius 3 is 0.908 bits per heavy atom. The lowest BCUT2D eigenvalue weighted by atomic mass is 9.67. The normalized spacial score (nSPS) is 14.7. The fourth-order valence-corrected chi connectivity index (χ4v) is 16.0. The van der Waals surface area contributed by atoms with Gasteiger partial charge >= 0.3 is 0 Å². The lowest BCUT2D eigenvalue weighted by Crippen LogP contribution is -2.28. The van der Waals surface area contributed by atoms with Crippen molar-refractivity contribution in [3.63, 3.8) is 0 Å². The minimum Gasteiger partial charge on any atom is -0.457 e. The minimum absolute atomic E-state index is 0.663. The van der Waals surface area contributed by atoms with Crippen LogP contribution in [-0.2, 0) is 10.8 Å². The van der Waals surface area contributed by atoms with Gasteiger partial charge in [-0.25, -0.2) is 0 Å². The quantitative estimate of drug-likeness (QED) is 0.0525. The van der Waals surface area contributed by atoms with Crippen molar-refractivity contribution >= 4 is 57.6 Å². The van der Waals surface area contributed by atoms with Crippen molar-refractivity contribution in [3.8, 4) is 56.4 Å². The van der Waals surface area contributed by atoms with Gasteiger partial charge in [-0.15, -0.1) is 36.7 Å². The van der Waals surface area contributed by atoms with Gasteiger partial charge in [0.1, 0.15) is 23.0 Å². The van der Waals surface area contributed by atoms with Crippen molar-refractivity contribution in [1.29, 1.82) is 0 Å². The van der Waals surface area contributed by atoms with Crippen molar-refractivity contribution in [2.45, 2.75) is 20.6 Å². The molecule has 0 aliphatic heterocycles. The Morgan fingerprint density at radius 2 is 0.551 bits per heavy atom. The minimum atomic E-state index is -0.663. The van der Waals surface area contributed by atoms with Crippen LogP contribution in [0, 0.1) is 0 Å². The van der Waals surface area contributed by atoms with E-state index in [-0.39, 0.29) is 0 Å². The molecular weight excluding hydrogens is 1230 g/mol. The van der Waals surface area contributed by atoms with E-state index in [2.05, 4.69) is 314 Å². The van der Waals surface area contributed by atoms with Crippen molar-refractivity contribution < 1.29 is 9.47 Å². The third kappa shape index (κ3) is 11.3. The molecule has 6 heteroatoms. The molecule has 14 aromatic rings. The number of nitrogens with zero attached hydrogens (tertiary/aromatic N) is 2. The van der Waals surface area contributed by atoms with E-state index >= 15 is 0 Å². The van der Waals surface area contributed by atoms with E-state index < -0.39 is 10.8 Å². The highest BCUT2D eigenvalue weighted by Gasteiger charge is 2.48. The smallest absolute Gasteiger partial charge is 0.127 e. The van der Waals surface area contributed by atoms with E-state index in [0.717, 1.165) is 90.9 Å². The van der Waals surface area contributed by atoms with Gasteiger partial charge in [0.15, 0.2) is 0 Å². The number of thioether (sulfide) groups is 2. The molecule has 2 unspecified atom stereocenters. The van der Waals surface area contributed by atoms with Crippen LogP contribution in [0.3, 0.4) is 0 Å². The summed E-state index contributed by atoms with van der Waals surface area (Å²) in [7, 11) is 0. The predicted octanol–water partition coefficient (Wildman–Crippen LogP) is 25.2. The van der Waals surface area contributed by atoms with Gasteiger partial charge in [0.25, 0.3) is 0 Å². The van der Waals surface area contributed by atoms with Crippen molar-refractivity contribution in [2.24, 2.45) is 0 Å². The first kappa shape index (κ1) is 61.3. The molecule has 2 atom stereocenters. The first-order chi connectivity index (χ1) is 48.5. The molecule has 0 bridgehead atoms. The molecule has 0 fully saturated rings. The van der Waals surface area contributed by atoms with Crippen LogP contribution in [0.4, 0.5) is 34.1 Å². The standard InChI is InChI=1S/C92H68N2O2S2/c1-3-61-97-81-55-41-69(42-56-81)91(67-37-51-79(52-38-67)95-77-25-13-7-14-26-77)87-31-19-17-29-83(87)85-59-49-75(63-89(85)91)93(71-21-9-5-10-22-71)73-45-33-65(34-46-73)66-35-47-74(48-36-66)94(72-23-11-6-12-24-72)76-50-60-86-84-30-18-20-32-88(84)92(90(86)64-76,70-43-57-82(58-44-70)98-62-4-2)68-39-53-80(54-40-68)96-78-27-15-8-16-28-78/h3-60,63-64H,1-2,61-62H2. The average Bonchev–Trinajstić information content (AvgIpc) is 1.54. The molecule has 0 N–H and O–H groups in total. The maximum absolute atomic E-state index is 6.41. The molecule has 0 aromatic heterocycles. The maximum atomic E-state index is 6.41. The van der Waals surface area contributed by atoms with Gasteiger partial charge in [0.05, 0.1) is 10.8 Å². The van der Waals surface area contributed by atoms with E-state index in [1.165, 1.54) is 65.4 Å². The molecule has 0 heterocycles. The number of hydrogen-bond donors (Lipinski definition) is 0. The van der Waals surface area contributed by atoms with Gasteiger partial charge < -0.3 is 19.3 Å². The highest BCUT2D eigenvalue weighted by Crippen LogP contribution is 2.60. The topological polar surface area (TPSA) is 24.9 Å². The van der Waals surface area contributed by atoms with Crippen LogP contribution >= 0.6 is 23.5 Å². The van der Waals surface area contributed by atoms with Crippen LogP contribution in [0.1, 0.15) is 44.5 Å². The Kier molecular flexibility index (Phi) is 16.9. The second-order valence-electron chi connectivity index (χ2n) is 24.6. The molecule has 470 valence electrons. The summed E-state index contributed by atoms with van der Waals surface area (Å²) in [6.45, 7) is 8.00. The SMILES string of the molecule is C=CCSc1ccc(C2(c3ccc(Oc4ccccc4)cc3)c3ccccc3-c3ccc(N(c4ccccc4)c4ccc(-c5ccc(N(c6ccccc6)c6ccc7c(c6)C(c6ccc(Oc8ccccc8)cc6)(c6ccc(SCC=C)cc6)c6ccccc6-7)cc5)cc4)cc32)cc1. The van der Waals surface area contributed by atoms with Crippen molar-refractivity contribution in [3.05, 3.63) is 422 Å². The summed E-state index contributed by atoms with van der Waals surface area (Å²) < 4.78 is 12.8. The van der Waals surface area contributed by atoms with Crippen LogP contribution in [0.2, 0.25) is 0 Å². The van der Waals surface area contributed by atoms with Crippen molar-refractivity contribution in [2.75, 3.05) is 21.3 Å². The molecule has 0 radical (unpaired) electrons. The average molecular weight is 1300 g/mol. The first-order valence-corrected chi connectivity index (χ1v) is 35.2. The molecule has 16 rings (SSSR count). The molecule has 2 aliphatic rings. The highest BCUT2D eigenvalue weighted by molar-refractivity contribution is 7.99. The van der Waals surface area contributed by atoms with E-state index in [0.29, 0.717) is 0 Å². The van der Waals surface area contributed by atoms with E-state index in [9.17, 15) is 0 Å². The Balaban J connectivity index is 0.764. The van der Waals surface area contributed by atoms with Gasteiger partial charge in [-0.1, -0.05) is 218 Å². The number of ether oxygens (including phenoxy) is 2. The molecule has 2 aliphatic carbocycles. The maximum Gasteiger partial charge on any atom is 0.127 e. The van der Waals surface area contributed by atoms with Gasteiger partial charge in [-0.2, -0.15) is 0 Å². The Bertz CT molecular complexity index is 4820. The number of rotatable bonds is 21. The monoisotopic (exact) mass is 1300 g/mol. The zero-order valence-corrected chi connectivity index (χ0v) is 55.6. The highest BCUT2D eigenvalue weighted by atomic mass is 32.2. The molecule has 0 amide bonds. The summed E-state index contributed by atoms with van der Waals surface area (Å²) in [6, 6.07) is 127. The van der Waals surface area contributed by atoms with Crippen LogP contribution in [0.15, 0.2) is 387 Å². The Hall–Kier alpha value is -11.5.